The number of hydrogen-bond acceptors (Lipinski definition) is 5. The molecule has 1 aliphatic heterocycles. The molecule has 2 aromatic rings. The number of anilines is 1. The zero-order valence-electron chi connectivity index (χ0n) is 12.3. The first-order chi connectivity index (χ1) is 10.9. The molecule has 10 heteroatoms. The molecule has 0 amide bonds. The van der Waals surface area contributed by atoms with Crippen LogP contribution in [0.4, 0.5) is 19.1 Å². The number of fused-ring (bicyclic) bond motifs is 1. The van der Waals surface area contributed by atoms with Crippen molar-refractivity contribution in [3.8, 4) is 0 Å². The molecule has 126 valence electrons. The van der Waals surface area contributed by atoms with Crippen LogP contribution in [-0.4, -0.2) is 57.4 Å². The van der Waals surface area contributed by atoms with E-state index in [0.717, 1.165) is 0 Å². The predicted molar refractivity (Wildman–Crippen MR) is 78.2 cm³/mol. The fourth-order valence-corrected chi connectivity index (χ4v) is 2.77. The maximum Gasteiger partial charge on any atom is 0.401 e. The minimum absolute atomic E-state index is 0.252. The second-order valence-corrected chi connectivity index (χ2v) is 5.76. The van der Waals surface area contributed by atoms with Crippen molar-refractivity contribution in [3.05, 3.63) is 16.6 Å². The highest BCUT2D eigenvalue weighted by Crippen LogP contribution is 2.22. The van der Waals surface area contributed by atoms with Crippen molar-refractivity contribution in [2.24, 2.45) is 5.92 Å². The number of H-pyrrole nitrogens is 2. The SMILES string of the molecule is O=c1[nH]c(NCC2CCN(CC(F)(F)F)CC2)nc2[nH]ncc12. The van der Waals surface area contributed by atoms with Gasteiger partial charge in [-0.15, -0.1) is 0 Å². The largest absolute Gasteiger partial charge is 0.401 e. The number of aromatic amines is 2. The fraction of sp³-hybridized carbons (Fsp3) is 0.615. The van der Waals surface area contributed by atoms with Crippen molar-refractivity contribution in [2.45, 2.75) is 19.0 Å². The summed E-state index contributed by atoms with van der Waals surface area (Å²) in [5, 5.41) is 9.82. The summed E-state index contributed by atoms with van der Waals surface area (Å²) >= 11 is 0. The molecule has 1 saturated heterocycles. The third kappa shape index (κ3) is 4.01. The Hall–Kier alpha value is -2.10. The van der Waals surface area contributed by atoms with Crippen molar-refractivity contribution < 1.29 is 13.2 Å². The van der Waals surface area contributed by atoms with E-state index in [2.05, 4.69) is 25.5 Å². The summed E-state index contributed by atoms with van der Waals surface area (Å²) in [5.41, 5.74) is 0.113. The number of alkyl halides is 3. The van der Waals surface area contributed by atoms with E-state index in [1.807, 2.05) is 0 Å². The standard InChI is InChI=1S/C13H17F3N6O/c14-13(15,16)7-22-3-1-8(2-4-22)5-17-12-19-10-9(6-18-21-10)11(23)20-12/h6,8H,1-5,7H2,(H3,17,18,19,20,21,23). The number of nitrogens with zero attached hydrogens (tertiary/aromatic N) is 3. The Morgan fingerprint density at radius 1 is 1.35 bits per heavy atom. The van der Waals surface area contributed by atoms with Gasteiger partial charge in [0, 0.05) is 6.54 Å². The number of rotatable bonds is 4. The lowest BCUT2D eigenvalue weighted by atomic mass is 9.97. The second kappa shape index (κ2) is 6.19. The number of aromatic nitrogens is 4. The molecular formula is C13H17F3N6O. The molecule has 0 saturated carbocycles. The van der Waals surface area contributed by atoms with Crippen molar-refractivity contribution in [1.82, 2.24) is 25.1 Å². The van der Waals surface area contributed by atoms with Crippen molar-refractivity contribution in [3.63, 3.8) is 0 Å². The number of piperidine rings is 1. The molecule has 1 fully saturated rings. The average molecular weight is 330 g/mol. The Kier molecular flexibility index (Phi) is 4.24. The Morgan fingerprint density at radius 2 is 2.09 bits per heavy atom. The normalized spacial score (nSPS) is 17.7. The van der Waals surface area contributed by atoms with Crippen molar-refractivity contribution >= 4 is 17.0 Å². The third-order valence-corrected chi connectivity index (χ3v) is 3.99. The molecule has 0 unspecified atom stereocenters. The van der Waals surface area contributed by atoms with Crippen LogP contribution < -0.4 is 10.9 Å². The average Bonchev–Trinajstić information content (AvgIpc) is 2.94. The smallest absolute Gasteiger partial charge is 0.355 e. The highest BCUT2D eigenvalue weighted by molar-refractivity contribution is 5.73. The van der Waals surface area contributed by atoms with Gasteiger partial charge in [-0.05, 0) is 31.8 Å². The van der Waals surface area contributed by atoms with Crippen LogP contribution in [0.5, 0.6) is 0 Å². The molecule has 3 rings (SSSR count). The Balaban J connectivity index is 1.52. The molecule has 0 bridgehead atoms. The summed E-state index contributed by atoms with van der Waals surface area (Å²) in [6.45, 7) is 0.561. The second-order valence-electron chi connectivity index (χ2n) is 5.76. The fourth-order valence-electron chi connectivity index (χ4n) is 2.77. The number of hydrogen-bond donors (Lipinski definition) is 3. The molecule has 0 atom stereocenters. The van der Waals surface area contributed by atoms with Gasteiger partial charge >= 0.3 is 6.18 Å². The van der Waals surface area contributed by atoms with Crippen LogP contribution in [-0.2, 0) is 0 Å². The highest BCUT2D eigenvalue weighted by Gasteiger charge is 2.32. The minimum atomic E-state index is -4.14. The van der Waals surface area contributed by atoms with E-state index in [1.165, 1.54) is 11.1 Å². The lowest BCUT2D eigenvalue weighted by Gasteiger charge is -2.32. The maximum absolute atomic E-state index is 12.3. The Labute approximate surface area is 129 Å². The molecule has 0 aliphatic carbocycles. The molecule has 3 heterocycles. The number of halogens is 3. The van der Waals surface area contributed by atoms with E-state index in [0.29, 0.717) is 49.5 Å². The molecule has 0 aromatic carbocycles. The minimum Gasteiger partial charge on any atom is -0.355 e. The first-order valence-electron chi connectivity index (χ1n) is 7.37. The maximum atomic E-state index is 12.3. The summed E-state index contributed by atoms with van der Waals surface area (Å²) < 4.78 is 37.0. The van der Waals surface area contributed by atoms with Gasteiger partial charge in [0.1, 0.15) is 5.39 Å². The van der Waals surface area contributed by atoms with Gasteiger partial charge in [-0.2, -0.15) is 23.3 Å². The summed E-state index contributed by atoms with van der Waals surface area (Å²) in [6, 6.07) is 0. The van der Waals surface area contributed by atoms with Gasteiger partial charge in [0.25, 0.3) is 5.56 Å². The van der Waals surface area contributed by atoms with Crippen LogP contribution in [0.2, 0.25) is 0 Å². The van der Waals surface area contributed by atoms with Gasteiger partial charge in [0.15, 0.2) is 5.65 Å². The van der Waals surface area contributed by atoms with E-state index < -0.39 is 12.7 Å². The summed E-state index contributed by atoms with van der Waals surface area (Å²) in [4.78, 5) is 20.0. The first kappa shape index (κ1) is 15.8. The van der Waals surface area contributed by atoms with E-state index >= 15 is 0 Å². The van der Waals surface area contributed by atoms with Crippen LogP contribution in [0.15, 0.2) is 11.0 Å². The third-order valence-electron chi connectivity index (χ3n) is 3.99. The lowest BCUT2D eigenvalue weighted by Crippen LogP contribution is -2.41. The molecule has 0 spiro atoms. The Morgan fingerprint density at radius 3 is 2.78 bits per heavy atom. The molecule has 3 N–H and O–H groups in total. The first-order valence-corrected chi connectivity index (χ1v) is 7.37. The Bertz CT molecular complexity index is 716. The quantitative estimate of drug-likeness (QED) is 0.787. The van der Waals surface area contributed by atoms with Crippen molar-refractivity contribution in [2.75, 3.05) is 31.5 Å². The van der Waals surface area contributed by atoms with E-state index in [1.54, 1.807) is 0 Å². The molecule has 7 nitrogen and oxygen atoms in total. The molecule has 23 heavy (non-hydrogen) atoms. The zero-order chi connectivity index (χ0) is 16.4. The van der Waals surface area contributed by atoms with Gasteiger partial charge in [-0.1, -0.05) is 0 Å². The monoisotopic (exact) mass is 330 g/mol. The predicted octanol–water partition coefficient (Wildman–Crippen LogP) is 1.33. The van der Waals surface area contributed by atoms with E-state index in [-0.39, 0.29) is 11.5 Å². The van der Waals surface area contributed by atoms with Gasteiger partial charge < -0.3 is 5.32 Å². The van der Waals surface area contributed by atoms with Crippen LogP contribution in [0.25, 0.3) is 11.0 Å². The van der Waals surface area contributed by atoms with Crippen LogP contribution in [0.1, 0.15) is 12.8 Å². The molecular weight excluding hydrogens is 313 g/mol. The van der Waals surface area contributed by atoms with Gasteiger partial charge in [0.05, 0.1) is 12.7 Å². The lowest BCUT2D eigenvalue weighted by molar-refractivity contribution is -0.148. The van der Waals surface area contributed by atoms with Gasteiger partial charge in [-0.25, -0.2) is 0 Å². The topological polar surface area (TPSA) is 89.7 Å². The molecule has 2 aromatic heterocycles. The van der Waals surface area contributed by atoms with Gasteiger partial charge in [-0.3, -0.25) is 19.8 Å². The summed E-state index contributed by atoms with van der Waals surface area (Å²) in [6.07, 6.45) is -1.38. The van der Waals surface area contributed by atoms with E-state index in [4.69, 9.17) is 0 Å². The molecule has 1 aliphatic rings. The summed E-state index contributed by atoms with van der Waals surface area (Å²) in [7, 11) is 0. The van der Waals surface area contributed by atoms with Crippen LogP contribution in [0.3, 0.4) is 0 Å². The number of likely N-dealkylation sites (tertiary alicyclic amines) is 1. The zero-order valence-corrected chi connectivity index (χ0v) is 12.3. The van der Waals surface area contributed by atoms with Crippen molar-refractivity contribution in [1.29, 1.82) is 0 Å². The molecule has 0 radical (unpaired) electrons. The number of nitrogens with one attached hydrogen (secondary N) is 3. The van der Waals surface area contributed by atoms with Gasteiger partial charge in [0.2, 0.25) is 5.95 Å². The van der Waals surface area contributed by atoms with Crippen LogP contribution >= 0.6 is 0 Å². The summed E-state index contributed by atoms with van der Waals surface area (Å²) in [5.74, 6) is 0.590. The van der Waals surface area contributed by atoms with E-state index in [9.17, 15) is 18.0 Å². The highest BCUT2D eigenvalue weighted by atomic mass is 19.4. The van der Waals surface area contributed by atoms with Crippen LogP contribution in [0, 0.1) is 5.92 Å².